The van der Waals surface area contributed by atoms with E-state index in [9.17, 15) is 14.4 Å². The largest absolute Gasteiger partial charge is 0.481 e. The van der Waals surface area contributed by atoms with Gasteiger partial charge >= 0.3 is 11.9 Å². The summed E-state index contributed by atoms with van der Waals surface area (Å²) in [5, 5.41) is 11.2. The number of esters is 1. The molecule has 1 aliphatic rings. The van der Waals surface area contributed by atoms with Gasteiger partial charge in [-0.3, -0.25) is 19.3 Å². The van der Waals surface area contributed by atoms with Gasteiger partial charge in [0.25, 0.3) is 0 Å². The molecule has 0 bridgehead atoms. The number of hydrogen-bond donors (Lipinski definition) is 2. The highest BCUT2D eigenvalue weighted by Crippen LogP contribution is 2.17. The molecule has 1 amide bonds. The summed E-state index contributed by atoms with van der Waals surface area (Å²) in [6.45, 7) is 1.18. The summed E-state index contributed by atoms with van der Waals surface area (Å²) in [7, 11) is 1.35. The minimum absolute atomic E-state index is 0.0365. The molecule has 0 aromatic rings. The van der Waals surface area contributed by atoms with Crippen LogP contribution in [0.15, 0.2) is 0 Å². The Morgan fingerprint density at radius 3 is 2.75 bits per heavy atom. The molecule has 0 radical (unpaired) electrons. The molecule has 1 fully saturated rings. The van der Waals surface area contributed by atoms with E-state index < -0.39 is 5.97 Å². The third kappa shape index (κ3) is 5.56. The maximum absolute atomic E-state index is 11.8. The van der Waals surface area contributed by atoms with Crippen molar-refractivity contribution in [2.24, 2.45) is 0 Å². The highest BCUT2D eigenvalue weighted by molar-refractivity contribution is 5.80. The minimum Gasteiger partial charge on any atom is -0.481 e. The number of carboxylic acid groups (broad SMARTS) is 1. The predicted molar refractivity (Wildman–Crippen MR) is 71.1 cm³/mol. The van der Waals surface area contributed by atoms with E-state index in [4.69, 9.17) is 9.84 Å². The lowest BCUT2D eigenvalue weighted by Gasteiger charge is -2.32. The van der Waals surface area contributed by atoms with E-state index in [2.05, 4.69) is 5.32 Å². The third-order valence-electron chi connectivity index (χ3n) is 3.32. The zero-order valence-electron chi connectivity index (χ0n) is 11.8. The van der Waals surface area contributed by atoms with Crippen molar-refractivity contribution < 1.29 is 24.2 Å². The van der Waals surface area contributed by atoms with Crippen LogP contribution in [-0.4, -0.2) is 60.6 Å². The number of amides is 1. The second kappa shape index (κ2) is 8.52. The van der Waals surface area contributed by atoms with Crippen molar-refractivity contribution in [2.45, 2.75) is 38.1 Å². The van der Waals surface area contributed by atoms with Gasteiger partial charge in [0.05, 0.1) is 13.7 Å². The lowest BCUT2D eigenvalue weighted by molar-refractivity contribution is -0.149. The smallest absolute Gasteiger partial charge is 0.323 e. The number of rotatable bonds is 7. The molecule has 7 heteroatoms. The van der Waals surface area contributed by atoms with Crippen molar-refractivity contribution in [3.05, 3.63) is 0 Å². The molecule has 114 valence electrons. The van der Waals surface area contributed by atoms with E-state index in [1.807, 2.05) is 4.90 Å². The number of hydrogen-bond acceptors (Lipinski definition) is 5. The number of carbonyl (C=O) groups excluding carboxylic acids is 2. The fourth-order valence-corrected chi connectivity index (χ4v) is 2.29. The third-order valence-corrected chi connectivity index (χ3v) is 3.32. The van der Waals surface area contributed by atoms with Crippen molar-refractivity contribution in [2.75, 3.05) is 26.7 Å². The zero-order chi connectivity index (χ0) is 15.0. The lowest BCUT2D eigenvalue weighted by Crippen LogP contribution is -2.49. The predicted octanol–water partition coefficient (Wildman–Crippen LogP) is -0.00510. The van der Waals surface area contributed by atoms with Gasteiger partial charge in [-0.15, -0.1) is 0 Å². The van der Waals surface area contributed by atoms with Crippen LogP contribution in [0.1, 0.15) is 32.1 Å². The molecule has 7 nitrogen and oxygen atoms in total. The molecule has 0 aromatic carbocycles. The van der Waals surface area contributed by atoms with Crippen molar-refractivity contribution in [1.82, 2.24) is 10.2 Å². The molecule has 1 heterocycles. The van der Waals surface area contributed by atoms with Crippen molar-refractivity contribution in [3.63, 3.8) is 0 Å². The Morgan fingerprint density at radius 1 is 1.35 bits per heavy atom. The van der Waals surface area contributed by atoms with Crippen LogP contribution in [0.25, 0.3) is 0 Å². The Hall–Kier alpha value is -1.63. The molecule has 0 aliphatic carbocycles. The normalized spacial score (nSPS) is 19.4. The highest BCUT2D eigenvalue weighted by Gasteiger charge is 2.30. The summed E-state index contributed by atoms with van der Waals surface area (Å²) < 4.78 is 4.75. The van der Waals surface area contributed by atoms with Gasteiger partial charge in [0.2, 0.25) is 5.91 Å². The zero-order valence-corrected chi connectivity index (χ0v) is 11.8. The first kappa shape index (κ1) is 16.4. The first-order valence-corrected chi connectivity index (χ1v) is 6.85. The van der Waals surface area contributed by atoms with E-state index in [1.165, 1.54) is 7.11 Å². The maximum atomic E-state index is 11.8. The number of carboxylic acids is 1. The summed E-state index contributed by atoms with van der Waals surface area (Å²) in [5.74, 6) is -1.37. The van der Waals surface area contributed by atoms with Crippen LogP contribution in [0.4, 0.5) is 0 Å². The number of piperidine rings is 1. The number of nitrogens with zero attached hydrogens (tertiary/aromatic N) is 1. The molecule has 1 unspecified atom stereocenters. The molecule has 2 N–H and O–H groups in total. The van der Waals surface area contributed by atoms with Crippen molar-refractivity contribution in [1.29, 1.82) is 0 Å². The molecule has 1 atom stereocenters. The van der Waals surface area contributed by atoms with Gasteiger partial charge in [0, 0.05) is 13.0 Å². The van der Waals surface area contributed by atoms with Gasteiger partial charge < -0.3 is 15.2 Å². The van der Waals surface area contributed by atoms with Gasteiger partial charge in [-0.2, -0.15) is 0 Å². The van der Waals surface area contributed by atoms with Crippen LogP contribution >= 0.6 is 0 Å². The van der Waals surface area contributed by atoms with Crippen LogP contribution in [0.3, 0.4) is 0 Å². The molecule has 1 aliphatic heterocycles. The van der Waals surface area contributed by atoms with Gasteiger partial charge in [-0.1, -0.05) is 6.42 Å². The second-order valence-electron chi connectivity index (χ2n) is 4.85. The van der Waals surface area contributed by atoms with E-state index in [1.54, 1.807) is 0 Å². The summed E-state index contributed by atoms with van der Waals surface area (Å²) in [6.07, 6.45) is 3.06. The fourth-order valence-electron chi connectivity index (χ4n) is 2.29. The number of methoxy groups -OCH3 is 1. The van der Waals surface area contributed by atoms with E-state index in [-0.39, 0.29) is 30.9 Å². The van der Waals surface area contributed by atoms with Crippen LogP contribution in [-0.2, 0) is 19.1 Å². The SMILES string of the molecule is COC(=O)C1CCCCN1CC(=O)NCCCC(=O)O. The Bertz CT molecular complexity index is 359. The average molecular weight is 286 g/mol. The molecule has 20 heavy (non-hydrogen) atoms. The second-order valence-corrected chi connectivity index (χ2v) is 4.85. The molecule has 0 saturated carbocycles. The average Bonchev–Trinajstić information content (AvgIpc) is 2.43. The standard InChI is InChI=1S/C13H22N2O5/c1-20-13(19)10-5-2-3-8-15(10)9-11(16)14-7-4-6-12(17)18/h10H,2-9H2,1H3,(H,14,16)(H,17,18). The minimum atomic E-state index is -0.874. The van der Waals surface area contributed by atoms with Crippen molar-refractivity contribution in [3.8, 4) is 0 Å². The topological polar surface area (TPSA) is 95.9 Å². The van der Waals surface area contributed by atoms with Crippen LogP contribution < -0.4 is 5.32 Å². The highest BCUT2D eigenvalue weighted by atomic mass is 16.5. The Labute approximate surface area is 118 Å². The Balaban J connectivity index is 2.34. The Morgan fingerprint density at radius 2 is 2.10 bits per heavy atom. The number of carbonyl (C=O) groups is 3. The van der Waals surface area contributed by atoms with Gasteiger partial charge in [0.15, 0.2) is 0 Å². The number of nitrogens with one attached hydrogen (secondary N) is 1. The maximum Gasteiger partial charge on any atom is 0.323 e. The summed E-state index contributed by atoms with van der Waals surface area (Å²) >= 11 is 0. The van der Waals surface area contributed by atoms with E-state index in [0.717, 1.165) is 12.8 Å². The van der Waals surface area contributed by atoms with Crippen LogP contribution in [0, 0.1) is 0 Å². The van der Waals surface area contributed by atoms with Crippen LogP contribution in [0.2, 0.25) is 0 Å². The summed E-state index contributed by atoms with van der Waals surface area (Å²) in [5.41, 5.74) is 0. The fraction of sp³-hybridized carbons (Fsp3) is 0.769. The van der Waals surface area contributed by atoms with E-state index in [0.29, 0.717) is 25.9 Å². The first-order chi connectivity index (χ1) is 9.54. The number of aliphatic carboxylic acids is 1. The quantitative estimate of drug-likeness (QED) is 0.505. The molecule has 0 spiro atoms. The number of ether oxygens (including phenoxy) is 1. The first-order valence-electron chi connectivity index (χ1n) is 6.85. The molecular weight excluding hydrogens is 264 g/mol. The van der Waals surface area contributed by atoms with Gasteiger partial charge in [0.1, 0.15) is 6.04 Å². The molecule has 0 aromatic heterocycles. The van der Waals surface area contributed by atoms with Crippen LogP contribution in [0.5, 0.6) is 0 Å². The summed E-state index contributed by atoms with van der Waals surface area (Å²) in [4.78, 5) is 35.6. The van der Waals surface area contributed by atoms with Gasteiger partial charge in [-0.25, -0.2) is 0 Å². The lowest BCUT2D eigenvalue weighted by atomic mass is 10.0. The monoisotopic (exact) mass is 286 g/mol. The summed E-state index contributed by atoms with van der Waals surface area (Å²) in [6, 6.07) is -0.349. The van der Waals surface area contributed by atoms with Gasteiger partial charge in [-0.05, 0) is 25.8 Å². The molecular formula is C13H22N2O5. The van der Waals surface area contributed by atoms with E-state index >= 15 is 0 Å². The number of likely N-dealkylation sites (tertiary alicyclic amines) is 1. The van der Waals surface area contributed by atoms with Crippen molar-refractivity contribution >= 4 is 17.8 Å². The molecule has 1 rings (SSSR count). The molecule has 1 saturated heterocycles. The Kier molecular flexibility index (Phi) is 7.00.